The van der Waals surface area contributed by atoms with Gasteiger partial charge in [0.15, 0.2) is 5.13 Å². The Kier molecular flexibility index (Phi) is 4.40. The molecule has 92 valence electrons. The number of hydrogen-bond donors (Lipinski definition) is 4. The van der Waals surface area contributed by atoms with E-state index in [1.807, 2.05) is 5.32 Å². The van der Waals surface area contributed by atoms with E-state index in [2.05, 4.69) is 10.3 Å². The van der Waals surface area contributed by atoms with Gasteiger partial charge in [-0.1, -0.05) is 0 Å². The largest absolute Gasteiger partial charge is 0.481 e. The van der Waals surface area contributed by atoms with Gasteiger partial charge in [0, 0.05) is 11.6 Å². The van der Waals surface area contributed by atoms with Gasteiger partial charge in [0.05, 0.1) is 6.42 Å². The third-order valence-corrected chi connectivity index (χ3v) is 2.32. The monoisotopic (exact) mass is 259 g/mol. The van der Waals surface area contributed by atoms with Crippen LogP contribution < -0.4 is 10.6 Å². The molecular formula is C8H9N3O5S. The lowest BCUT2D eigenvalue weighted by Crippen LogP contribution is -2.44. The zero-order valence-electron chi connectivity index (χ0n) is 8.41. The molecule has 2 amide bonds. The maximum absolute atomic E-state index is 11.3. The first-order valence-corrected chi connectivity index (χ1v) is 5.28. The maximum Gasteiger partial charge on any atom is 0.326 e. The minimum Gasteiger partial charge on any atom is -0.481 e. The van der Waals surface area contributed by atoms with Crippen molar-refractivity contribution in [2.75, 3.05) is 5.32 Å². The fourth-order valence-electron chi connectivity index (χ4n) is 0.951. The van der Waals surface area contributed by atoms with Crippen molar-refractivity contribution < 1.29 is 24.6 Å². The number of rotatable bonds is 5. The molecule has 17 heavy (non-hydrogen) atoms. The molecule has 0 aliphatic heterocycles. The maximum atomic E-state index is 11.3. The van der Waals surface area contributed by atoms with Crippen molar-refractivity contribution in [3.63, 3.8) is 0 Å². The molecule has 0 aromatic carbocycles. The van der Waals surface area contributed by atoms with Crippen molar-refractivity contribution in [3.8, 4) is 0 Å². The van der Waals surface area contributed by atoms with E-state index in [4.69, 9.17) is 10.2 Å². The van der Waals surface area contributed by atoms with E-state index in [9.17, 15) is 14.4 Å². The normalized spacial score (nSPS) is 11.5. The van der Waals surface area contributed by atoms with Crippen LogP contribution in [0, 0.1) is 0 Å². The molecule has 0 saturated carbocycles. The second kappa shape index (κ2) is 5.80. The molecule has 4 N–H and O–H groups in total. The van der Waals surface area contributed by atoms with Crippen LogP contribution in [-0.2, 0) is 9.59 Å². The Bertz CT molecular complexity index is 419. The van der Waals surface area contributed by atoms with Crippen molar-refractivity contribution in [2.45, 2.75) is 12.5 Å². The van der Waals surface area contributed by atoms with Crippen molar-refractivity contribution in [2.24, 2.45) is 0 Å². The summed E-state index contributed by atoms with van der Waals surface area (Å²) in [5.74, 6) is -2.73. The number of urea groups is 1. The molecule has 1 atom stereocenters. The summed E-state index contributed by atoms with van der Waals surface area (Å²) in [5.41, 5.74) is 0. The molecule has 0 fully saturated rings. The van der Waals surface area contributed by atoms with Gasteiger partial charge in [0.1, 0.15) is 6.04 Å². The third-order valence-electron chi connectivity index (χ3n) is 1.63. The van der Waals surface area contributed by atoms with Crippen LogP contribution in [0.2, 0.25) is 0 Å². The summed E-state index contributed by atoms with van der Waals surface area (Å²) in [5, 5.41) is 23.4. The van der Waals surface area contributed by atoms with E-state index >= 15 is 0 Å². The predicted molar refractivity (Wildman–Crippen MR) is 57.9 cm³/mol. The van der Waals surface area contributed by atoms with Crippen molar-refractivity contribution in [3.05, 3.63) is 11.6 Å². The SMILES string of the molecule is O=C(O)C[C@@H](NC(=O)Nc1nccs1)C(=O)O. The number of thiazole rings is 1. The van der Waals surface area contributed by atoms with Crippen LogP contribution >= 0.6 is 11.3 Å². The molecule has 1 aromatic heterocycles. The van der Waals surface area contributed by atoms with E-state index in [0.717, 1.165) is 11.3 Å². The van der Waals surface area contributed by atoms with Crippen molar-refractivity contribution >= 4 is 34.4 Å². The Balaban J connectivity index is 2.52. The fraction of sp³-hybridized carbons (Fsp3) is 0.250. The molecule has 0 unspecified atom stereocenters. The van der Waals surface area contributed by atoms with Crippen LogP contribution in [0.5, 0.6) is 0 Å². The lowest BCUT2D eigenvalue weighted by atomic mass is 10.2. The number of carbonyl (C=O) groups is 3. The first-order chi connectivity index (χ1) is 7.99. The minimum absolute atomic E-state index is 0.293. The Morgan fingerprint density at radius 3 is 2.59 bits per heavy atom. The number of hydrogen-bond acceptors (Lipinski definition) is 5. The molecule has 0 spiro atoms. The number of anilines is 1. The molecule has 9 heteroatoms. The van der Waals surface area contributed by atoms with Gasteiger partial charge < -0.3 is 15.5 Å². The number of nitrogens with one attached hydrogen (secondary N) is 2. The Morgan fingerprint density at radius 2 is 2.12 bits per heavy atom. The van der Waals surface area contributed by atoms with Crippen molar-refractivity contribution in [1.82, 2.24) is 10.3 Å². The van der Waals surface area contributed by atoms with Crippen LogP contribution in [0.25, 0.3) is 0 Å². The van der Waals surface area contributed by atoms with Crippen LogP contribution in [0.1, 0.15) is 6.42 Å². The smallest absolute Gasteiger partial charge is 0.326 e. The first-order valence-electron chi connectivity index (χ1n) is 4.40. The van der Waals surface area contributed by atoms with Gasteiger partial charge in [0.25, 0.3) is 0 Å². The van der Waals surface area contributed by atoms with Gasteiger partial charge in [-0.25, -0.2) is 14.6 Å². The molecule has 1 rings (SSSR count). The van der Waals surface area contributed by atoms with E-state index in [1.165, 1.54) is 6.20 Å². The Labute approximate surface area is 99.3 Å². The van der Waals surface area contributed by atoms with E-state index < -0.39 is 30.4 Å². The zero-order chi connectivity index (χ0) is 12.8. The van der Waals surface area contributed by atoms with Crippen LogP contribution in [0.4, 0.5) is 9.93 Å². The molecule has 1 heterocycles. The van der Waals surface area contributed by atoms with E-state index in [-0.39, 0.29) is 0 Å². The minimum atomic E-state index is -1.48. The van der Waals surface area contributed by atoms with Gasteiger partial charge in [-0.2, -0.15) is 0 Å². The van der Waals surface area contributed by atoms with Crippen LogP contribution in [0.3, 0.4) is 0 Å². The zero-order valence-corrected chi connectivity index (χ0v) is 9.23. The number of carboxylic acid groups (broad SMARTS) is 2. The van der Waals surface area contributed by atoms with E-state index in [0.29, 0.717) is 5.13 Å². The first kappa shape index (κ1) is 12.9. The average molecular weight is 259 g/mol. The molecule has 0 aliphatic carbocycles. The Morgan fingerprint density at radius 1 is 1.41 bits per heavy atom. The highest BCUT2D eigenvalue weighted by molar-refractivity contribution is 7.13. The summed E-state index contributed by atoms with van der Waals surface area (Å²) in [6.07, 6.45) is 0.771. The molecule has 8 nitrogen and oxygen atoms in total. The molecular weight excluding hydrogens is 250 g/mol. The van der Waals surface area contributed by atoms with Crippen molar-refractivity contribution in [1.29, 1.82) is 0 Å². The summed E-state index contributed by atoms with van der Waals surface area (Å²) in [6, 6.07) is -2.29. The average Bonchev–Trinajstić information content (AvgIpc) is 2.68. The predicted octanol–water partition coefficient (Wildman–Crippen LogP) is 0.193. The molecule has 0 radical (unpaired) electrons. The number of aliphatic carboxylic acids is 2. The van der Waals surface area contributed by atoms with Gasteiger partial charge >= 0.3 is 18.0 Å². The topological polar surface area (TPSA) is 129 Å². The second-order valence-electron chi connectivity index (χ2n) is 2.92. The highest BCUT2D eigenvalue weighted by atomic mass is 32.1. The third kappa shape index (κ3) is 4.47. The number of nitrogens with zero attached hydrogens (tertiary/aromatic N) is 1. The molecule has 1 aromatic rings. The van der Waals surface area contributed by atoms with Gasteiger partial charge in [-0.15, -0.1) is 11.3 Å². The highest BCUT2D eigenvalue weighted by Crippen LogP contribution is 2.09. The highest BCUT2D eigenvalue weighted by Gasteiger charge is 2.23. The second-order valence-corrected chi connectivity index (χ2v) is 3.82. The van der Waals surface area contributed by atoms with E-state index in [1.54, 1.807) is 5.38 Å². The molecule has 0 aliphatic rings. The fourth-order valence-corrected chi connectivity index (χ4v) is 1.48. The molecule has 0 bridgehead atoms. The molecule has 0 saturated heterocycles. The Hall–Kier alpha value is -2.16. The summed E-state index contributed by atoms with van der Waals surface area (Å²) in [6.45, 7) is 0. The number of carboxylic acids is 2. The quantitative estimate of drug-likeness (QED) is 0.597. The number of carbonyl (C=O) groups excluding carboxylic acids is 1. The number of aromatic nitrogens is 1. The van der Waals surface area contributed by atoms with Crippen LogP contribution in [0.15, 0.2) is 11.6 Å². The summed E-state index contributed by atoms with van der Waals surface area (Å²) in [7, 11) is 0. The summed E-state index contributed by atoms with van der Waals surface area (Å²) >= 11 is 1.15. The summed E-state index contributed by atoms with van der Waals surface area (Å²) < 4.78 is 0. The lowest BCUT2D eigenvalue weighted by Gasteiger charge is -2.11. The standard InChI is InChI=1S/C8H9N3O5S/c12-5(13)3-4(6(14)15)10-7(16)11-8-9-1-2-17-8/h1-2,4H,3H2,(H,12,13)(H,14,15)(H2,9,10,11,16)/t4-/m1/s1. The number of amides is 2. The van der Waals surface area contributed by atoms with Gasteiger partial charge in [-0.05, 0) is 0 Å². The lowest BCUT2D eigenvalue weighted by molar-refractivity contribution is -0.145. The van der Waals surface area contributed by atoms with Crippen LogP contribution in [-0.4, -0.2) is 39.2 Å². The van der Waals surface area contributed by atoms with Gasteiger partial charge in [-0.3, -0.25) is 10.1 Å². The summed E-state index contributed by atoms with van der Waals surface area (Å²) in [4.78, 5) is 36.1. The van der Waals surface area contributed by atoms with Gasteiger partial charge in [0.2, 0.25) is 0 Å².